The molecule has 17 heavy (non-hydrogen) atoms. The van der Waals surface area contributed by atoms with E-state index in [9.17, 15) is 0 Å². The topological polar surface area (TPSA) is 50.7 Å². The maximum atomic E-state index is 4.29. The number of rotatable bonds is 4. The van der Waals surface area contributed by atoms with Crippen molar-refractivity contribution < 1.29 is 0 Å². The van der Waals surface area contributed by atoms with Crippen molar-refractivity contribution in [2.45, 2.75) is 23.9 Å². The van der Waals surface area contributed by atoms with Gasteiger partial charge in [-0.1, -0.05) is 6.07 Å². The molecule has 0 aliphatic heterocycles. The molecule has 0 fully saturated rings. The van der Waals surface area contributed by atoms with Crippen LogP contribution >= 0.6 is 11.8 Å². The predicted molar refractivity (Wildman–Crippen MR) is 69.3 cm³/mol. The normalized spacial score (nSPS) is 10.2. The highest BCUT2D eigenvalue weighted by atomic mass is 32.2. The Labute approximate surface area is 105 Å². The van der Waals surface area contributed by atoms with E-state index < -0.39 is 0 Å². The van der Waals surface area contributed by atoms with Crippen LogP contribution in [0.2, 0.25) is 0 Å². The monoisotopic (exact) mass is 246 g/mol. The van der Waals surface area contributed by atoms with E-state index in [1.165, 1.54) is 0 Å². The van der Waals surface area contributed by atoms with Gasteiger partial charge in [0.2, 0.25) is 0 Å². The van der Waals surface area contributed by atoms with Gasteiger partial charge in [0.25, 0.3) is 0 Å². The first-order chi connectivity index (χ1) is 8.31. The Morgan fingerprint density at radius 1 is 1.24 bits per heavy atom. The van der Waals surface area contributed by atoms with Gasteiger partial charge in [0.05, 0.1) is 0 Å². The van der Waals surface area contributed by atoms with Crippen LogP contribution in [0.1, 0.15) is 12.5 Å². The second-order valence-corrected chi connectivity index (χ2v) is 4.46. The zero-order valence-corrected chi connectivity index (χ0v) is 10.7. The van der Waals surface area contributed by atoms with Gasteiger partial charge in [-0.2, -0.15) is 0 Å². The fourth-order valence-corrected chi connectivity index (χ4v) is 2.20. The third kappa shape index (κ3) is 2.94. The maximum absolute atomic E-state index is 4.29. The van der Waals surface area contributed by atoms with Crippen LogP contribution in [0.5, 0.6) is 0 Å². The summed E-state index contributed by atoms with van der Waals surface area (Å²) in [6.07, 6.45) is 3.36. The van der Waals surface area contributed by atoms with E-state index in [1.54, 1.807) is 24.3 Å². The zero-order chi connectivity index (χ0) is 12.1. The van der Waals surface area contributed by atoms with E-state index in [0.717, 1.165) is 28.0 Å². The Hall–Kier alpha value is -1.62. The summed E-state index contributed by atoms with van der Waals surface area (Å²) < 4.78 is 0. The van der Waals surface area contributed by atoms with Crippen LogP contribution in [0.3, 0.4) is 0 Å². The SMILES string of the molecule is CCNc1ncnc(Sc2ccccn2)c1C. The Kier molecular flexibility index (Phi) is 3.93. The minimum Gasteiger partial charge on any atom is -0.370 e. The standard InChI is InChI=1S/C12H14N4S/c1-3-13-11-9(2)12(16-8-15-11)17-10-6-4-5-7-14-10/h4-8H,3H2,1-2H3,(H,13,15,16). The summed E-state index contributed by atoms with van der Waals surface area (Å²) >= 11 is 1.55. The van der Waals surface area contributed by atoms with Gasteiger partial charge in [-0.15, -0.1) is 0 Å². The highest BCUT2D eigenvalue weighted by Crippen LogP contribution is 2.28. The van der Waals surface area contributed by atoms with E-state index in [0.29, 0.717) is 0 Å². The molecule has 0 saturated heterocycles. The van der Waals surface area contributed by atoms with Crippen molar-refractivity contribution in [3.63, 3.8) is 0 Å². The first-order valence-corrected chi connectivity index (χ1v) is 6.27. The molecule has 88 valence electrons. The van der Waals surface area contributed by atoms with Crippen LogP contribution in [-0.4, -0.2) is 21.5 Å². The van der Waals surface area contributed by atoms with Gasteiger partial charge in [-0.3, -0.25) is 0 Å². The van der Waals surface area contributed by atoms with Crippen LogP contribution in [0, 0.1) is 6.92 Å². The van der Waals surface area contributed by atoms with E-state index in [2.05, 4.69) is 20.3 Å². The minimum atomic E-state index is 0.853. The number of aromatic nitrogens is 3. The summed E-state index contributed by atoms with van der Waals surface area (Å²) in [5, 5.41) is 5.10. The molecule has 2 rings (SSSR count). The van der Waals surface area contributed by atoms with Crippen molar-refractivity contribution >= 4 is 17.6 Å². The van der Waals surface area contributed by atoms with Gasteiger partial charge in [-0.25, -0.2) is 15.0 Å². The Morgan fingerprint density at radius 2 is 2.12 bits per heavy atom. The molecule has 0 atom stereocenters. The molecule has 0 spiro atoms. The summed E-state index contributed by atoms with van der Waals surface area (Å²) in [7, 11) is 0. The van der Waals surface area contributed by atoms with Crippen molar-refractivity contribution in [1.29, 1.82) is 0 Å². The van der Waals surface area contributed by atoms with Gasteiger partial charge in [0, 0.05) is 18.3 Å². The van der Waals surface area contributed by atoms with E-state index in [-0.39, 0.29) is 0 Å². The number of nitrogens with one attached hydrogen (secondary N) is 1. The second kappa shape index (κ2) is 5.63. The van der Waals surface area contributed by atoms with E-state index in [4.69, 9.17) is 0 Å². The van der Waals surface area contributed by atoms with Crippen molar-refractivity contribution in [2.24, 2.45) is 0 Å². The molecule has 5 heteroatoms. The molecular weight excluding hydrogens is 232 g/mol. The number of nitrogens with zero attached hydrogens (tertiary/aromatic N) is 3. The highest BCUT2D eigenvalue weighted by Gasteiger charge is 2.08. The summed E-state index contributed by atoms with van der Waals surface area (Å²) in [5.41, 5.74) is 1.06. The van der Waals surface area contributed by atoms with Crippen LogP contribution in [0.15, 0.2) is 40.8 Å². The molecule has 0 aliphatic rings. The average Bonchev–Trinajstić information content (AvgIpc) is 2.36. The lowest BCUT2D eigenvalue weighted by Crippen LogP contribution is -2.03. The van der Waals surface area contributed by atoms with Crippen LogP contribution in [0.4, 0.5) is 5.82 Å². The number of hydrogen-bond donors (Lipinski definition) is 1. The van der Waals surface area contributed by atoms with Gasteiger partial charge in [0.1, 0.15) is 22.2 Å². The number of anilines is 1. The molecule has 0 amide bonds. The summed E-state index contributed by atoms with van der Waals surface area (Å²) in [6, 6.07) is 5.84. The first kappa shape index (κ1) is 11.9. The van der Waals surface area contributed by atoms with Gasteiger partial charge >= 0.3 is 0 Å². The largest absolute Gasteiger partial charge is 0.370 e. The van der Waals surface area contributed by atoms with E-state index in [1.807, 2.05) is 32.0 Å². The molecule has 0 bridgehead atoms. The van der Waals surface area contributed by atoms with Crippen LogP contribution in [-0.2, 0) is 0 Å². The summed E-state index contributed by atoms with van der Waals surface area (Å²) in [6.45, 7) is 4.92. The molecule has 2 heterocycles. The lowest BCUT2D eigenvalue weighted by Gasteiger charge is -2.09. The average molecular weight is 246 g/mol. The Bertz CT molecular complexity index is 487. The molecule has 0 aliphatic carbocycles. The Balaban J connectivity index is 2.24. The van der Waals surface area contributed by atoms with E-state index >= 15 is 0 Å². The second-order valence-electron chi connectivity index (χ2n) is 3.45. The molecule has 1 N–H and O–H groups in total. The molecular formula is C12H14N4S. The molecule has 0 aromatic carbocycles. The van der Waals surface area contributed by atoms with Gasteiger partial charge < -0.3 is 5.32 Å². The third-order valence-electron chi connectivity index (χ3n) is 2.22. The first-order valence-electron chi connectivity index (χ1n) is 5.45. The van der Waals surface area contributed by atoms with Gasteiger partial charge in [0.15, 0.2) is 0 Å². The highest BCUT2D eigenvalue weighted by molar-refractivity contribution is 7.99. The maximum Gasteiger partial charge on any atom is 0.133 e. The quantitative estimate of drug-likeness (QED) is 0.841. The summed E-state index contributed by atoms with van der Waals surface area (Å²) in [4.78, 5) is 12.8. The predicted octanol–water partition coefficient (Wildman–Crippen LogP) is 2.76. The van der Waals surface area contributed by atoms with Crippen molar-refractivity contribution in [1.82, 2.24) is 15.0 Å². The van der Waals surface area contributed by atoms with Gasteiger partial charge in [-0.05, 0) is 37.7 Å². The minimum absolute atomic E-state index is 0.853. The van der Waals surface area contributed by atoms with Crippen molar-refractivity contribution in [3.8, 4) is 0 Å². The fourth-order valence-electron chi connectivity index (χ4n) is 1.39. The number of hydrogen-bond acceptors (Lipinski definition) is 5. The van der Waals surface area contributed by atoms with Crippen molar-refractivity contribution in [3.05, 3.63) is 36.3 Å². The summed E-state index contributed by atoms with van der Waals surface area (Å²) in [5.74, 6) is 0.890. The van der Waals surface area contributed by atoms with Crippen LogP contribution in [0.25, 0.3) is 0 Å². The smallest absolute Gasteiger partial charge is 0.133 e. The van der Waals surface area contributed by atoms with Crippen LogP contribution < -0.4 is 5.32 Å². The molecule has 2 aromatic heterocycles. The molecule has 0 saturated carbocycles. The Morgan fingerprint density at radius 3 is 2.82 bits per heavy atom. The molecule has 0 radical (unpaired) electrons. The molecule has 2 aromatic rings. The third-order valence-corrected chi connectivity index (χ3v) is 3.28. The lowest BCUT2D eigenvalue weighted by molar-refractivity contribution is 0.985. The lowest BCUT2D eigenvalue weighted by atomic mass is 10.3. The molecule has 4 nitrogen and oxygen atoms in total. The molecule has 0 unspecified atom stereocenters. The zero-order valence-electron chi connectivity index (χ0n) is 9.84. The van der Waals surface area contributed by atoms with Crippen molar-refractivity contribution in [2.75, 3.05) is 11.9 Å². The number of pyridine rings is 1. The fraction of sp³-hybridized carbons (Fsp3) is 0.250.